The molecule has 0 radical (unpaired) electrons. The van der Waals surface area contributed by atoms with Crippen molar-refractivity contribution in [1.82, 2.24) is 4.90 Å². The molecular formula is C12H23NO3. The molecule has 0 atom stereocenters. The van der Waals surface area contributed by atoms with Gasteiger partial charge in [0.15, 0.2) is 0 Å². The van der Waals surface area contributed by atoms with Crippen LogP contribution in [0, 0.1) is 0 Å². The Morgan fingerprint density at radius 3 is 2.75 bits per heavy atom. The van der Waals surface area contributed by atoms with E-state index >= 15 is 0 Å². The number of carbonyl (C=O) groups is 1. The molecule has 1 fully saturated rings. The predicted octanol–water partition coefficient (Wildman–Crippen LogP) is 1.44. The van der Waals surface area contributed by atoms with E-state index in [-0.39, 0.29) is 5.97 Å². The molecule has 1 aliphatic heterocycles. The van der Waals surface area contributed by atoms with Crippen molar-refractivity contribution < 1.29 is 14.3 Å². The Kier molecular flexibility index (Phi) is 7.17. The van der Waals surface area contributed by atoms with E-state index < -0.39 is 0 Å². The number of rotatable bonds is 7. The monoisotopic (exact) mass is 229 g/mol. The highest BCUT2D eigenvalue weighted by Crippen LogP contribution is 2.01. The maximum absolute atomic E-state index is 11.3. The van der Waals surface area contributed by atoms with Gasteiger partial charge in [0, 0.05) is 26.1 Å². The molecule has 0 unspecified atom stereocenters. The van der Waals surface area contributed by atoms with Crippen molar-refractivity contribution in [3.05, 3.63) is 0 Å². The molecule has 1 aliphatic rings. The van der Waals surface area contributed by atoms with Gasteiger partial charge >= 0.3 is 5.97 Å². The SMILES string of the molecule is CCCCCC(=O)OCCN1CCOCC1. The van der Waals surface area contributed by atoms with Gasteiger partial charge in [-0.15, -0.1) is 0 Å². The normalized spacial score (nSPS) is 17.3. The van der Waals surface area contributed by atoms with Crippen LogP contribution in [0.3, 0.4) is 0 Å². The summed E-state index contributed by atoms with van der Waals surface area (Å²) in [6.45, 7) is 6.98. The first-order valence-electron chi connectivity index (χ1n) is 6.28. The highest BCUT2D eigenvalue weighted by atomic mass is 16.5. The number of morpholine rings is 1. The second-order valence-corrected chi connectivity index (χ2v) is 4.13. The van der Waals surface area contributed by atoms with Crippen LogP contribution in [0.5, 0.6) is 0 Å². The van der Waals surface area contributed by atoms with Gasteiger partial charge in [0.25, 0.3) is 0 Å². The molecule has 4 heteroatoms. The van der Waals surface area contributed by atoms with Crippen molar-refractivity contribution in [2.75, 3.05) is 39.5 Å². The minimum atomic E-state index is -0.0540. The van der Waals surface area contributed by atoms with Gasteiger partial charge in [0.05, 0.1) is 13.2 Å². The van der Waals surface area contributed by atoms with Crippen LogP contribution in [0.2, 0.25) is 0 Å². The minimum Gasteiger partial charge on any atom is -0.464 e. The third kappa shape index (κ3) is 6.08. The summed E-state index contributed by atoms with van der Waals surface area (Å²) >= 11 is 0. The van der Waals surface area contributed by atoms with E-state index in [0.29, 0.717) is 13.0 Å². The van der Waals surface area contributed by atoms with Crippen LogP contribution in [-0.2, 0) is 14.3 Å². The van der Waals surface area contributed by atoms with Gasteiger partial charge in [-0.3, -0.25) is 9.69 Å². The Labute approximate surface area is 97.9 Å². The third-order valence-corrected chi connectivity index (χ3v) is 2.76. The number of unbranched alkanes of at least 4 members (excludes halogenated alkanes) is 2. The molecule has 0 spiro atoms. The van der Waals surface area contributed by atoms with E-state index in [1.807, 2.05) is 0 Å². The fourth-order valence-corrected chi connectivity index (χ4v) is 1.70. The first-order valence-corrected chi connectivity index (χ1v) is 6.28. The quantitative estimate of drug-likeness (QED) is 0.489. The molecular weight excluding hydrogens is 206 g/mol. The third-order valence-electron chi connectivity index (χ3n) is 2.76. The van der Waals surface area contributed by atoms with E-state index in [0.717, 1.165) is 52.1 Å². The summed E-state index contributed by atoms with van der Waals surface area (Å²) in [5.41, 5.74) is 0. The lowest BCUT2D eigenvalue weighted by molar-refractivity contribution is -0.144. The molecule has 0 aromatic heterocycles. The number of ether oxygens (including phenoxy) is 2. The average molecular weight is 229 g/mol. The highest BCUT2D eigenvalue weighted by molar-refractivity contribution is 5.69. The van der Waals surface area contributed by atoms with Crippen molar-refractivity contribution >= 4 is 5.97 Å². The summed E-state index contributed by atoms with van der Waals surface area (Å²) in [6, 6.07) is 0. The van der Waals surface area contributed by atoms with E-state index in [4.69, 9.17) is 9.47 Å². The second kappa shape index (κ2) is 8.53. The summed E-state index contributed by atoms with van der Waals surface area (Å²) in [5, 5.41) is 0. The number of hydrogen-bond donors (Lipinski definition) is 0. The van der Waals surface area contributed by atoms with E-state index in [9.17, 15) is 4.79 Å². The molecule has 0 amide bonds. The summed E-state index contributed by atoms with van der Waals surface area (Å²) < 4.78 is 10.4. The van der Waals surface area contributed by atoms with Crippen molar-refractivity contribution in [1.29, 1.82) is 0 Å². The molecule has 1 heterocycles. The Bertz CT molecular complexity index is 191. The van der Waals surface area contributed by atoms with Crippen molar-refractivity contribution in [3.63, 3.8) is 0 Å². The topological polar surface area (TPSA) is 38.8 Å². The molecule has 16 heavy (non-hydrogen) atoms. The zero-order chi connectivity index (χ0) is 11.6. The Hall–Kier alpha value is -0.610. The van der Waals surface area contributed by atoms with Crippen LogP contribution in [0.1, 0.15) is 32.6 Å². The van der Waals surface area contributed by atoms with Gasteiger partial charge in [-0.25, -0.2) is 0 Å². The van der Waals surface area contributed by atoms with Gasteiger partial charge in [0.2, 0.25) is 0 Å². The van der Waals surface area contributed by atoms with Crippen LogP contribution < -0.4 is 0 Å². The summed E-state index contributed by atoms with van der Waals surface area (Å²) in [5.74, 6) is -0.0540. The standard InChI is InChI=1S/C12H23NO3/c1-2-3-4-5-12(14)16-11-8-13-6-9-15-10-7-13/h2-11H2,1H3. The largest absolute Gasteiger partial charge is 0.464 e. The molecule has 0 N–H and O–H groups in total. The van der Waals surface area contributed by atoms with Gasteiger partial charge in [-0.05, 0) is 6.42 Å². The number of esters is 1. The molecule has 0 saturated carbocycles. The molecule has 0 aliphatic carbocycles. The maximum atomic E-state index is 11.3. The molecule has 4 nitrogen and oxygen atoms in total. The molecule has 94 valence electrons. The summed E-state index contributed by atoms with van der Waals surface area (Å²) in [4.78, 5) is 13.6. The lowest BCUT2D eigenvalue weighted by Gasteiger charge is -2.26. The highest BCUT2D eigenvalue weighted by Gasteiger charge is 2.10. The molecule has 0 bridgehead atoms. The van der Waals surface area contributed by atoms with Gasteiger partial charge in [0.1, 0.15) is 6.61 Å². The van der Waals surface area contributed by atoms with Crippen LogP contribution in [-0.4, -0.2) is 50.3 Å². The predicted molar refractivity (Wildman–Crippen MR) is 62.4 cm³/mol. The maximum Gasteiger partial charge on any atom is 0.305 e. The van der Waals surface area contributed by atoms with Crippen molar-refractivity contribution in [3.8, 4) is 0 Å². The first-order chi connectivity index (χ1) is 7.83. The fraction of sp³-hybridized carbons (Fsp3) is 0.917. The zero-order valence-corrected chi connectivity index (χ0v) is 10.2. The Balaban J connectivity index is 1.94. The minimum absolute atomic E-state index is 0.0540. The molecule has 1 rings (SSSR count). The van der Waals surface area contributed by atoms with Crippen LogP contribution in [0.15, 0.2) is 0 Å². The number of carbonyl (C=O) groups excluding carboxylic acids is 1. The van der Waals surface area contributed by atoms with Gasteiger partial charge in [-0.2, -0.15) is 0 Å². The fourth-order valence-electron chi connectivity index (χ4n) is 1.70. The van der Waals surface area contributed by atoms with Gasteiger partial charge in [-0.1, -0.05) is 19.8 Å². The molecule has 0 aromatic carbocycles. The lowest BCUT2D eigenvalue weighted by Crippen LogP contribution is -2.38. The summed E-state index contributed by atoms with van der Waals surface area (Å²) in [7, 11) is 0. The first kappa shape index (κ1) is 13.5. The average Bonchev–Trinajstić information content (AvgIpc) is 2.31. The van der Waals surface area contributed by atoms with Gasteiger partial charge < -0.3 is 9.47 Å². The molecule has 0 aromatic rings. The lowest BCUT2D eigenvalue weighted by atomic mass is 10.2. The van der Waals surface area contributed by atoms with Crippen molar-refractivity contribution in [2.24, 2.45) is 0 Å². The smallest absolute Gasteiger partial charge is 0.305 e. The Morgan fingerprint density at radius 1 is 1.31 bits per heavy atom. The summed E-state index contributed by atoms with van der Waals surface area (Å²) in [6.07, 6.45) is 3.77. The molecule has 1 saturated heterocycles. The van der Waals surface area contributed by atoms with Crippen LogP contribution in [0.25, 0.3) is 0 Å². The zero-order valence-electron chi connectivity index (χ0n) is 10.2. The van der Waals surface area contributed by atoms with Crippen LogP contribution in [0.4, 0.5) is 0 Å². The number of nitrogens with zero attached hydrogens (tertiary/aromatic N) is 1. The second-order valence-electron chi connectivity index (χ2n) is 4.13. The van der Waals surface area contributed by atoms with E-state index in [1.165, 1.54) is 0 Å². The van der Waals surface area contributed by atoms with Crippen LogP contribution >= 0.6 is 0 Å². The van der Waals surface area contributed by atoms with E-state index in [2.05, 4.69) is 11.8 Å². The van der Waals surface area contributed by atoms with E-state index in [1.54, 1.807) is 0 Å². The van der Waals surface area contributed by atoms with Crippen molar-refractivity contribution in [2.45, 2.75) is 32.6 Å². The Morgan fingerprint density at radius 2 is 2.06 bits per heavy atom. The number of hydrogen-bond acceptors (Lipinski definition) is 4.